The van der Waals surface area contributed by atoms with Crippen LogP contribution >= 0.6 is 0 Å². The van der Waals surface area contributed by atoms with Crippen molar-refractivity contribution in [2.24, 2.45) is 0 Å². The van der Waals surface area contributed by atoms with Crippen LogP contribution < -0.4 is 16.0 Å². The fourth-order valence-corrected chi connectivity index (χ4v) is 3.49. The Bertz CT molecular complexity index is 903. The standard InChI is InChI=1S/C24H30N4O3/c1-2-22(29)26-20-12-10-19(11-13-20)25-17-23(30)27-21-9-7-8-18(16-21)24(31)28-14-5-3-4-6-15-28/h7-13,16,25H,2-6,14-15,17H2,1H3,(H,26,29)(H,27,30). The third kappa shape index (κ3) is 6.84. The smallest absolute Gasteiger partial charge is 0.253 e. The van der Waals surface area contributed by atoms with Gasteiger partial charge in [0.2, 0.25) is 11.8 Å². The first-order chi connectivity index (χ1) is 15.0. The Labute approximate surface area is 183 Å². The van der Waals surface area contributed by atoms with Crippen LogP contribution in [0.3, 0.4) is 0 Å². The van der Waals surface area contributed by atoms with Gasteiger partial charge in [0.05, 0.1) is 6.54 Å². The predicted molar refractivity (Wildman–Crippen MR) is 123 cm³/mol. The second-order valence-electron chi connectivity index (χ2n) is 7.67. The Kier molecular flexibility index (Phi) is 8.04. The molecule has 2 aromatic carbocycles. The van der Waals surface area contributed by atoms with Crippen molar-refractivity contribution in [3.63, 3.8) is 0 Å². The second-order valence-corrected chi connectivity index (χ2v) is 7.67. The number of nitrogens with zero attached hydrogens (tertiary/aromatic N) is 1. The molecule has 0 atom stereocenters. The summed E-state index contributed by atoms with van der Waals surface area (Å²) in [7, 11) is 0. The summed E-state index contributed by atoms with van der Waals surface area (Å²) in [6.45, 7) is 3.47. The van der Waals surface area contributed by atoms with Crippen LogP contribution in [0.4, 0.5) is 17.1 Å². The average Bonchev–Trinajstić information content (AvgIpc) is 3.08. The van der Waals surface area contributed by atoms with Crippen molar-refractivity contribution in [3.8, 4) is 0 Å². The zero-order valence-corrected chi connectivity index (χ0v) is 17.9. The van der Waals surface area contributed by atoms with Gasteiger partial charge in [0.15, 0.2) is 0 Å². The highest BCUT2D eigenvalue weighted by molar-refractivity contribution is 5.98. The molecular weight excluding hydrogens is 392 g/mol. The van der Waals surface area contributed by atoms with Crippen LogP contribution in [-0.2, 0) is 9.59 Å². The maximum atomic E-state index is 12.8. The van der Waals surface area contributed by atoms with Gasteiger partial charge in [-0.15, -0.1) is 0 Å². The van der Waals surface area contributed by atoms with Crippen LogP contribution in [0.15, 0.2) is 48.5 Å². The van der Waals surface area contributed by atoms with Crippen molar-refractivity contribution >= 4 is 34.8 Å². The van der Waals surface area contributed by atoms with Gasteiger partial charge in [-0.1, -0.05) is 25.8 Å². The van der Waals surface area contributed by atoms with Crippen LogP contribution in [0.5, 0.6) is 0 Å². The van der Waals surface area contributed by atoms with E-state index >= 15 is 0 Å². The largest absolute Gasteiger partial charge is 0.376 e. The molecule has 164 valence electrons. The monoisotopic (exact) mass is 422 g/mol. The third-order valence-corrected chi connectivity index (χ3v) is 5.23. The fourth-order valence-electron chi connectivity index (χ4n) is 3.49. The highest BCUT2D eigenvalue weighted by Crippen LogP contribution is 2.17. The molecule has 1 aliphatic heterocycles. The summed E-state index contributed by atoms with van der Waals surface area (Å²) in [4.78, 5) is 38.5. The normalized spacial score (nSPS) is 13.8. The minimum absolute atomic E-state index is 0.0198. The van der Waals surface area contributed by atoms with Gasteiger partial charge in [0, 0.05) is 42.1 Å². The number of nitrogens with one attached hydrogen (secondary N) is 3. The molecule has 0 aliphatic carbocycles. The minimum atomic E-state index is -0.206. The lowest BCUT2D eigenvalue weighted by molar-refractivity contribution is -0.116. The van der Waals surface area contributed by atoms with E-state index in [0.717, 1.165) is 31.6 Å². The average molecular weight is 423 g/mol. The van der Waals surface area contributed by atoms with Gasteiger partial charge in [0.25, 0.3) is 5.91 Å². The maximum absolute atomic E-state index is 12.8. The van der Waals surface area contributed by atoms with Crippen molar-refractivity contribution in [2.45, 2.75) is 39.0 Å². The van der Waals surface area contributed by atoms with E-state index in [0.29, 0.717) is 23.4 Å². The van der Waals surface area contributed by atoms with Crippen molar-refractivity contribution in [1.29, 1.82) is 0 Å². The molecule has 0 radical (unpaired) electrons. The van der Waals surface area contributed by atoms with E-state index in [1.165, 1.54) is 12.8 Å². The number of carbonyl (C=O) groups excluding carboxylic acids is 3. The highest BCUT2D eigenvalue weighted by atomic mass is 16.2. The Balaban J connectivity index is 1.52. The first kappa shape index (κ1) is 22.3. The van der Waals surface area contributed by atoms with Crippen molar-refractivity contribution in [1.82, 2.24) is 4.90 Å². The van der Waals surface area contributed by atoms with E-state index in [2.05, 4.69) is 16.0 Å². The molecule has 3 N–H and O–H groups in total. The summed E-state index contributed by atoms with van der Waals surface area (Å²) in [5.41, 5.74) is 2.69. The van der Waals surface area contributed by atoms with Gasteiger partial charge in [0.1, 0.15) is 0 Å². The molecular formula is C24H30N4O3. The van der Waals surface area contributed by atoms with Crippen LogP contribution in [0.25, 0.3) is 0 Å². The van der Waals surface area contributed by atoms with Gasteiger partial charge >= 0.3 is 0 Å². The molecule has 3 rings (SSSR count). The lowest BCUT2D eigenvalue weighted by atomic mass is 10.1. The molecule has 0 bridgehead atoms. The van der Waals surface area contributed by atoms with Crippen molar-refractivity contribution < 1.29 is 14.4 Å². The summed E-state index contributed by atoms with van der Waals surface area (Å²) >= 11 is 0. The molecule has 0 unspecified atom stereocenters. The number of amides is 3. The van der Waals surface area contributed by atoms with Crippen LogP contribution in [0, 0.1) is 0 Å². The molecule has 1 saturated heterocycles. The second kappa shape index (κ2) is 11.2. The lowest BCUT2D eigenvalue weighted by Crippen LogP contribution is -2.31. The molecule has 0 aromatic heterocycles. The first-order valence-electron chi connectivity index (χ1n) is 10.9. The van der Waals surface area contributed by atoms with E-state index in [1.54, 1.807) is 55.5 Å². The quantitative estimate of drug-likeness (QED) is 0.627. The molecule has 3 amide bonds. The Morgan fingerprint density at radius 3 is 2.13 bits per heavy atom. The summed E-state index contributed by atoms with van der Waals surface area (Å²) in [5.74, 6) is -0.231. The molecule has 0 spiro atoms. The van der Waals surface area contributed by atoms with E-state index in [9.17, 15) is 14.4 Å². The molecule has 0 saturated carbocycles. The van der Waals surface area contributed by atoms with Gasteiger partial charge in [-0.05, 0) is 55.3 Å². The van der Waals surface area contributed by atoms with Crippen LogP contribution in [-0.4, -0.2) is 42.3 Å². The topological polar surface area (TPSA) is 90.5 Å². The number of likely N-dealkylation sites (tertiary alicyclic amines) is 1. The Morgan fingerprint density at radius 1 is 0.806 bits per heavy atom. The summed E-state index contributed by atoms with van der Waals surface area (Å²) in [6.07, 6.45) is 4.84. The van der Waals surface area contributed by atoms with E-state index < -0.39 is 0 Å². The number of carbonyl (C=O) groups is 3. The van der Waals surface area contributed by atoms with E-state index in [4.69, 9.17) is 0 Å². The molecule has 7 heteroatoms. The van der Waals surface area contributed by atoms with E-state index in [1.807, 2.05) is 4.90 Å². The number of anilines is 3. The Hall–Kier alpha value is -3.35. The van der Waals surface area contributed by atoms with E-state index in [-0.39, 0.29) is 24.3 Å². The number of hydrogen-bond acceptors (Lipinski definition) is 4. The zero-order chi connectivity index (χ0) is 22.1. The minimum Gasteiger partial charge on any atom is -0.376 e. The SMILES string of the molecule is CCC(=O)Nc1ccc(NCC(=O)Nc2cccc(C(=O)N3CCCCCC3)c2)cc1. The fraction of sp³-hybridized carbons (Fsp3) is 0.375. The first-order valence-corrected chi connectivity index (χ1v) is 10.9. The van der Waals surface area contributed by atoms with Crippen LogP contribution in [0.1, 0.15) is 49.4 Å². The molecule has 1 aliphatic rings. The van der Waals surface area contributed by atoms with Crippen LogP contribution in [0.2, 0.25) is 0 Å². The molecule has 1 fully saturated rings. The molecule has 31 heavy (non-hydrogen) atoms. The number of hydrogen-bond donors (Lipinski definition) is 3. The zero-order valence-electron chi connectivity index (χ0n) is 17.9. The van der Waals surface area contributed by atoms with Gasteiger partial charge in [-0.25, -0.2) is 0 Å². The van der Waals surface area contributed by atoms with Gasteiger partial charge in [-0.2, -0.15) is 0 Å². The molecule has 2 aromatic rings. The Morgan fingerprint density at radius 2 is 1.45 bits per heavy atom. The van der Waals surface area contributed by atoms with Gasteiger partial charge < -0.3 is 20.9 Å². The number of rotatable bonds is 7. The number of benzene rings is 2. The summed E-state index contributed by atoms with van der Waals surface area (Å²) < 4.78 is 0. The van der Waals surface area contributed by atoms with Gasteiger partial charge in [-0.3, -0.25) is 14.4 Å². The highest BCUT2D eigenvalue weighted by Gasteiger charge is 2.17. The predicted octanol–water partition coefficient (Wildman–Crippen LogP) is 4.10. The summed E-state index contributed by atoms with van der Waals surface area (Å²) in [6, 6.07) is 14.3. The maximum Gasteiger partial charge on any atom is 0.253 e. The van der Waals surface area contributed by atoms with Crippen molar-refractivity contribution in [3.05, 3.63) is 54.1 Å². The van der Waals surface area contributed by atoms with Crippen molar-refractivity contribution in [2.75, 3.05) is 35.6 Å². The molecule has 1 heterocycles. The lowest BCUT2D eigenvalue weighted by Gasteiger charge is -2.20. The molecule has 7 nitrogen and oxygen atoms in total. The summed E-state index contributed by atoms with van der Waals surface area (Å²) in [5, 5.41) is 8.67. The third-order valence-electron chi connectivity index (χ3n) is 5.23.